The quantitative estimate of drug-likeness (QED) is 0.121. The third-order valence-electron chi connectivity index (χ3n) is 24.4. The molecule has 2 aromatic heterocycles. The average molecular weight is 1460 g/mol. The van der Waals surface area contributed by atoms with Crippen molar-refractivity contribution >= 4 is 121 Å². The molecule has 0 atom stereocenters. The van der Waals surface area contributed by atoms with Crippen LogP contribution in [0.5, 0.6) is 0 Å². The van der Waals surface area contributed by atoms with E-state index in [1.165, 1.54) is 127 Å². The van der Waals surface area contributed by atoms with Crippen molar-refractivity contribution in [3.8, 4) is 55.6 Å². The van der Waals surface area contributed by atoms with Crippen LogP contribution in [0.2, 0.25) is 0 Å². The van der Waals surface area contributed by atoms with E-state index in [1.807, 2.05) is 12.1 Å². The smallest absolute Gasteiger partial charge is 0.143 e. The molecule has 2 heterocycles. The van der Waals surface area contributed by atoms with Gasteiger partial charge in [0.15, 0.2) is 0 Å². The minimum atomic E-state index is -0.505. The molecule has 0 fully saturated rings. The Morgan fingerprint density at radius 2 is 0.544 bits per heavy atom. The van der Waals surface area contributed by atoms with E-state index in [-0.39, 0.29) is 5.41 Å². The van der Waals surface area contributed by atoms with Gasteiger partial charge in [-0.3, -0.25) is 0 Å². The minimum Gasteiger partial charge on any atom is -0.455 e. The number of anilines is 6. The van der Waals surface area contributed by atoms with E-state index in [2.05, 4.69) is 424 Å². The van der Waals surface area contributed by atoms with E-state index in [0.29, 0.717) is 0 Å². The SMILES string of the molecule is CC1(C)c2cc(-c3ccc4c(ccc5ccc6c7ccccc7oc6c54)c3)ccc2-c2ccc(N(c3ccccc3)c3ccccc3)cc21.c1ccc(-c2ccc(N(c3ccc(-c4ccc5c(ccc6ccc7c8ccccc8oc7c65)c4)cc3)c3ccc4c(c3)C(c3ccccc3)(c3ccccc3)c3ccccc3-4)cc2)cc1. The van der Waals surface area contributed by atoms with Crippen molar-refractivity contribution in [1.82, 2.24) is 0 Å². The van der Waals surface area contributed by atoms with Crippen LogP contribution >= 0.6 is 0 Å². The number of hydrogen-bond acceptors (Lipinski definition) is 4. The normalized spacial score (nSPS) is 13.0. The first-order valence-electron chi connectivity index (χ1n) is 39.4. The molecular formula is C110H74N2O2. The molecule has 0 bridgehead atoms. The van der Waals surface area contributed by atoms with Gasteiger partial charge in [0.05, 0.1) is 5.41 Å². The second-order valence-corrected chi connectivity index (χ2v) is 31.0. The van der Waals surface area contributed by atoms with E-state index >= 15 is 0 Å². The van der Waals surface area contributed by atoms with Crippen molar-refractivity contribution in [3.63, 3.8) is 0 Å². The van der Waals surface area contributed by atoms with Crippen LogP contribution in [-0.4, -0.2) is 0 Å². The number of para-hydroxylation sites is 4. The molecule has 0 spiro atoms. The third kappa shape index (κ3) is 10.7. The van der Waals surface area contributed by atoms with Gasteiger partial charge in [0.25, 0.3) is 0 Å². The molecule has 4 heteroatoms. The fourth-order valence-corrected chi connectivity index (χ4v) is 18.9. The Bertz CT molecular complexity index is 7270. The molecule has 536 valence electrons. The van der Waals surface area contributed by atoms with Crippen molar-refractivity contribution in [1.29, 1.82) is 0 Å². The molecule has 2 aliphatic carbocycles. The summed E-state index contributed by atoms with van der Waals surface area (Å²) in [6.07, 6.45) is 0. The molecule has 0 amide bonds. The summed E-state index contributed by atoms with van der Waals surface area (Å²) in [5, 5.41) is 14.2. The summed E-state index contributed by atoms with van der Waals surface area (Å²) in [6, 6.07) is 150. The second kappa shape index (κ2) is 26.6. The van der Waals surface area contributed by atoms with Gasteiger partial charge < -0.3 is 18.6 Å². The highest BCUT2D eigenvalue weighted by atomic mass is 16.3. The number of hydrogen-bond donors (Lipinski definition) is 0. The Morgan fingerprint density at radius 3 is 1.07 bits per heavy atom. The average Bonchev–Trinajstić information content (AvgIpc) is 1.53. The van der Waals surface area contributed by atoms with Crippen LogP contribution < -0.4 is 9.80 Å². The summed E-state index contributed by atoms with van der Waals surface area (Å²) >= 11 is 0. The van der Waals surface area contributed by atoms with Gasteiger partial charge in [-0.1, -0.05) is 311 Å². The maximum Gasteiger partial charge on any atom is 0.143 e. The van der Waals surface area contributed by atoms with Crippen molar-refractivity contribution in [3.05, 3.63) is 446 Å². The van der Waals surface area contributed by atoms with Gasteiger partial charge in [0.1, 0.15) is 22.3 Å². The zero-order valence-electron chi connectivity index (χ0n) is 63.0. The van der Waals surface area contributed by atoms with E-state index in [0.717, 1.165) is 83.6 Å². The minimum absolute atomic E-state index is 0.157. The first kappa shape index (κ1) is 66.4. The van der Waals surface area contributed by atoms with Gasteiger partial charge in [-0.25, -0.2) is 0 Å². The maximum atomic E-state index is 6.52. The number of fused-ring (bicyclic) bond motifs is 20. The van der Waals surface area contributed by atoms with E-state index in [1.54, 1.807) is 0 Å². The van der Waals surface area contributed by atoms with Crippen LogP contribution in [-0.2, 0) is 10.8 Å². The molecule has 21 aromatic rings. The Balaban J connectivity index is 0.000000145. The fraction of sp³-hybridized carbons (Fsp3) is 0.0364. The first-order valence-corrected chi connectivity index (χ1v) is 39.4. The molecule has 0 aliphatic heterocycles. The van der Waals surface area contributed by atoms with Crippen LogP contribution in [0, 0.1) is 0 Å². The summed E-state index contributed by atoms with van der Waals surface area (Å²) in [4.78, 5) is 4.76. The lowest BCUT2D eigenvalue weighted by Crippen LogP contribution is -2.28. The Morgan fingerprint density at radius 1 is 0.211 bits per heavy atom. The number of nitrogens with zero attached hydrogens (tertiary/aromatic N) is 2. The zero-order valence-corrected chi connectivity index (χ0v) is 63.0. The van der Waals surface area contributed by atoms with Crippen LogP contribution in [0.3, 0.4) is 0 Å². The standard InChI is InChI=1S/C63H41NO.C47H33NO/c1-4-14-42(15-5-1)43-26-32-50(33-27-43)64(52-36-39-55-54-20-10-12-22-58(54)63(59(55)41-52,48-16-6-2-7-17-48)49-18-8-3-9-19-49)51-34-28-44(29-35-51)46-31-37-53-47(40-46)25-24-45-30-38-57-56-21-11-13-23-60(56)65-62(57)61(45)53;1-47(2)42-28-32(31-20-23-37-33(27-31)18-17-30-19-25-41-40-15-9-10-16-44(40)49-46(41)45(30)37)21-24-38(42)39-26-22-36(29-43(39)47)48(34-11-5-3-6-12-34)35-13-7-4-8-14-35/h1-41H;3-29H,1-2H3. The predicted molar refractivity (Wildman–Crippen MR) is 478 cm³/mol. The molecular weight excluding hydrogens is 1380 g/mol. The molecule has 114 heavy (non-hydrogen) atoms. The molecule has 0 saturated carbocycles. The zero-order chi connectivity index (χ0) is 75.6. The Hall–Kier alpha value is -14.6. The summed E-state index contributed by atoms with van der Waals surface area (Å²) in [6.45, 7) is 4.73. The van der Waals surface area contributed by atoms with Gasteiger partial charge in [0.2, 0.25) is 0 Å². The van der Waals surface area contributed by atoms with Crippen LogP contribution in [0.25, 0.3) is 143 Å². The van der Waals surface area contributed by atoms with Gasteiger partial charge in [0, 0.05) is 71.9 Å². The lowest BCUT2D eigenvalue weighted by molar-refractivity contribution is 0.660. The summed E-state index contributed by atoms with van der Waals surface area (Å²) in [7, 11) is 0. The van der Waals surface area contributed by atoms with Gasteiger partial charge in [-0.2, -0.15) is 0 Å². The first-order chi connectivity index (χ1) is 56.3. The highest BCUT2D eigenvalue weighted by Crippen LogP contribution is 2.58. The third-order valence-corrected chi connectivity index (χ3v) is 24.4. The molecule has 23 rings (SSSR count). The number of furan rings is 2. The van der Waals surface area contributed by atoms with E-state index in [4.69, 9.17) is 8.83 Å². The Kier molecular flexibility index (Phi) is 15.5. The highest BCUT2D eigenvalue weighted by Gasteiger charge is 2.46. The lowest BCUT2D eigenvalue weighted by Gasteiger charge is -2.35. The van der Waals surface area contributed by atoms with Crippen LogP contribution in [0.1, 0.15) is 47.2 Å². The van der Waals surface area contributed by atoms with Gasteiger partial charge >= 0.3 is 0 Å². The Labute approximate surface area is 661 Å². The maximum absolute atomic E-state index is 6.52. The van der Waals surface area contributed by atoms with Crippen molar-refractivity contribution in [2.45, 2.75) is 24.7 Å². The van der Waals surface area contributed by atoms with Crippen LogP contribution in [0.4, 0.5) is 34.1 Å². The van der Waals surface area contributed by atoms with Gasteiger partial charge in [-0.15, -0.1) is 0 Å². The number of benzene rings is 19. The van der Waals surface area contributed by atoms with Crippen molar-refractivity contribution in [2.75, 3.05) is 9.80 Å². The van der Waals surface area contributed by atoms with E-state index in [9.17, 15) is 0 Å². The molecule has 0 N–H and O–H groups in total. The second-order valence-electron chi connectivity index (χ2n) is 31.0. The largest absolute Gasteiger partial charge is 0.455 e. The van der Waals surface area contributed by atoms with Gasteiger partial charge in [-0.05, 0) is 237 Å². The van der Waals surface area contributed by atoms with Crippen LogP contribution in [0.15, 0.2) is 421 Å². The fourth-order valence-electron chi connectivity index (χ4n) is 18.9. The molecule has 2 aliphatic rings. The van der Waals surface area contributed by atoms with Crippen molar-refractivity contribution < 1.29 is 8.83 Å². The molecule has 0 saturated heterocycles. The highest BCUT2D eigenvalue weighted by molar-refractivity contribution is 6.25. The summed E-state index contributed by atoms with van der Waals surface area (Å²) in [5.74, 6) is 0. The van der Waals surface area contributed by atoms with E-state index < -0.39 is 5.41 Å². The predicted octanol–water partition coefficient (Wildman–Crippen LogP) is 30.4. The monoisotopic (exact) mass is 1450 g/mol. The topological polar surface area (TPSA) is 32.8 Å². The molecule has 19 aromatic carbocycles. The lowest BCUT2D eigenvalue weighted by atomic mass is 9.67. The van der Waals surface area contributed by atoms with Crippen molar-refractivity contribution in [2.24, 2.45) is 0 Å². The summed E-state index contributed by atoms with van der Waals surface area (Å²) in [5.41, 5.74) is 30.0. The molecule has 0 radical (unpaired) electrons. The number of rotatable bonds is 11. The molecule has 0 unspecified atom stereocenters. The molecule has 4 nitrogen and oxygen atoms in total. The summed E-state index contributed by atoms with van der Waals surface area (Å²) < 4.78 is 13.0.